The SMILES string of the molecule is C=C[C@@H]1C[C@@H]1C. The van der Waals surface area contributed by atoms with Crippen molar-refractivity contribution in [2.45, 2.75) is 13.3 Å². The van der Waals surface area contributed by atoms with Crippen molar-refractivity contribution >= 4 is 0 Å². The summed E-state index contributed by atoms with van der Waals surface area (Å²) >= 11 is 0. The monoisotopic (exact) mass is 82.1 g/mol. The van der Waals surface area contributed by atoms with Crippen molar-refractivity contribution in [3.8, 4) is 0 Å². The van der Waals surface area contributed by atoms with E-state index in [1.165, 1.54) is 6.42 Å². The molecule has 1 aliphatic rings. The van der Waals surface area contributed by atoms with Crippen LogP contribution in [0.25, 0.3) is 0 Å². The maximum atomic E-state index is 3.67. The van der Waals surface area contributed by atoms with Crippen molar-refractivity contribution in [1.29, 1.82) is 0 Å². The van der Waals surface area contributed by atoms with E-state index in [0.29, 0.717) is 0 Å². The van der Waals surface area contributed by atoms with Gasteiger partial charge in [-0.15, -0.1) is 6.58 Å². The van der Waals surface area contributed by atoms with Gasteiger partial charge >= 0.3 is 0 Å². The molecule has 0 radical (unpaired) electrons. The van der Waals surface area contributed by atoms with Gasteiger partial charge in [0.25, 0.3) is 0 Å². The lowest BCUT2D eigenvalue weighted by Crippen LogP contribution is -1.62. The Bertz CT molecular complexity index is 64.4. The molecule has 0 saturated heterocycles. The molecule has 1 fully saturated rings. The molecule has 0 unspecified atom stereocenters. The quantitative estimate of drug-likeness (QED) is 0.423. The fraction of sp³-hybridized carbons (Fsp3) is 0.667. The largest absolute Gasteiger partial charge is 0.103 e. The smallest absolute Gasteiger partial charge is 0.0207 e. The molecule has 0 nitrogen and oxygen atoms in total. The average molecular weight is 82.1 g/mol. The van der Waals surface area contributed by atoms with E-state index < -0.39 is 0 Å². The molecule has 0 N–H and O–H groups in total. The van der Waals surface area contributed by atoms with Crippen LogP contribution in [0, 0.1) is 11.8 Å². The summed E-state index contributed by atoms with van der Waals surface area (Å²) < 4.78 is 0. The van der Waals surface area contributed by atoms with Gasteiger partial charge in [-0.2, -0.15) is 0 Å². The van der Waals surface area contributed by atoms with Crippen LogP contribution in [0.4, 0.5) is 0 Å². The fourth-order valence-corrected chi connectivity index (χ4v) is 0.679. The molecule has 0 heteroatoms. The minimum atomic E-state index is 0.866. The molecule has 2 atom stereocenters. The van der Waals surface area contributed by atoms with Crippen LogP contribution in [0.1, 0.15) is 13.3 Å². The molecule has 0 aromatic rings. The van der Waals surface area contributed by atoms with Gasteiger partial charge < -0.3 is 0 Å². The normalized spacial score (nSPS) is 42.2. The Kier molecular flexibility index (Phi) is 0.722. The van der Waals surface area contributed by atoms with Gasteiger partial charge in [0.15, 0.2) is 0 Å². The molecule has 0 aromatic carbocycles. The zero-order valence-corrected chi connectivity index (χ0v) is 4.15. The zero-order chi connectivity index (χ0) is 4.57. The Morgan fingerprint density at radius 3 is 2.33 bits per heavy atom. The predicted octanol–water partition coefficient (Wildman–Crippen LogP) is 1.83. The van der Waals surface area contributed by atoms with Crippen LogP contribution in [0.2, 0.25) is 0 Å². The first kappa shape index (κ1) is 3.91. The maximum absolute atomic E-state index is 3.67. The second-order valence-electron chi connectivity index (χ2n) is 2.11. The Labute approximate surface area is 38.9 Å². The number of allylic oxidation sites excluding steroid dienone is 1. The van der Waals surface area contributed by atoms with E-state index in [9.17, 15) is 0 Å². The molecule has 0 heterocycles. The van der Waals surface area contributed by atoms with E-state index in [1.54, 1.807) is 0 Å². The first-order chi connectivity index (χ1) is 2.84. The van der Waals surface area contributed by atoms with Gasteiger partial charge in [-0.3, -0.25) is 0 Å². The van der Waals surface area contributed by atoms with Gasteiger partial charge in [-0.1, -0.05) is 13.0 Å². The Morgan fingerprint density at radius 2 is 2.33 bits per heavy atom. The second kappa shape index (κ2) is 1.11. The predicted molar refractivity (Wildman–Crippen MR) is 27.5 cm³/mol. The molecule has 1 saturated carbocycles. The van der Waals surface area contributed by atoms with Crippen molar-refractivity contribution < 1.29 is 0 Å². The van der Waals surface area contributed by atoms with Crippen LogP contribution in [0.5, 0.6) is 0 Å². The van der Waals surface area contributed by atoms with Gasteiger partial charge in [0.1, 0.15) is 0 Å². The lowest BCUT2D eigenvalue weighted by atomic mass is 10.3. The van der Waals surface area contributed by atoms with Crippen molar-refractivity contribution in [3.63, 3.8) is 0 Å². The van der Waals surface area contributed by atoms with Crippen LogP contribution < -0.4 is 0 Å². The van der Waals surface area contributed by atoms with E-state index >= 15 is 0 Å². The molecule has 0 bridgehead atoms. The van der Waals surface area contributed by atoms with Crippen molar-refractivity contribution in [2.75, 3.05) is 0 Å². The summed E-state index contributed by atoms with van der Waals surface area (Å²) in [6.07, 6.45) is 3.42. The second-order valence-corrected chi connectivity index (χ2v) is 2.11. The van der Waals surface area contributed by atoms with E-state index in [0.717, 1.165) is 11.8 Å². The minimum Gasteiger partial charge on any atom is -0.103 e. The van der Waals surface area contributed by atoms with Crippen molar-refractivity contribution in [3.05, 3.63) is 12.7 Å². The van der Waals surface area contributed by atoms with E-state index in [-0.39, 0.29) is 0 Å². The Hall–Kier alpha value is -0.260. The molecule has 0 aliphatic heterocycles. The highest BCUT2D eigenvalue weighted by atomic mass is 14.3. The zero-order valence-electron chi connectivity index (χ0n) is 4.15. The van der Waals surface area contributed by atoms with Gasteiger partial charge in [-0.05, 0) is 18.3 Å². The van der Waals surface area contributed by atoms with Gasteiger partial charge in [0, 0.05) is 0 Å². The highest BCUT2D eigenvalue weighted by molar-refractivity contribution is 4.95. The topological polar surface area (TPSA) is 0 Å². The van der Waals surface area contributed by atoms with Crippen LogP contribution in [0.15, 0.2) is 12.7 Å². The molecular formula is C6H10. The van der Waals surface area contributed by atoms with E-state index in [1.807, 2.05) is 6.08 Å². The van der Waals surface area contributed by atoms with Crippen LogP contribution >= 0.6 is 0 Å². The summed E-state index contributed by atoms with van der Waals surface area (Å²) in [5, 5.41) is 0. The van der Waals surface area contributed by atoms with Crippen molar-refractivity contribution in [2.24, 2.45) is 11.8 Å². The van der Waals surface area contributed by atoms with Gasteiger partial charge in [0.2, 0.25) is 0 Å². The maximum Gasteiger partial charge on any atom is -0.0207 e. The van der Waals surface area contributed by atoms with Gasteiger partial charge in [0.05, 0.1) is 0 Å². The third kappa shape index (κ3) is 0.469. The lowest BCUT2D eigenvalue weighted by Gasteiger charge is -1.72. The highest BCUT2D eigenvalue weighted by Crippen LogP contribution is 2.37. The van der Waals surface area contributed by atoms with Crippen molar-refractivity contribution in [1.82, 2.24) is 0 Å². The Balaban J connectivity index is 2.25. The highest BCUT2D eigenvalue weighted by Gasteiger charge is 2.28. The molecule has 6 heavy (non-hydrogen) atoms. The minimum absolute atomic E-state index is 0.866. The number of hydrogen-bond acceptors (Lipinski definition) is 0. The standard InChI is InChI=1S/C6H10/c1-3-6-4-5(6)2/h3,5-6H,1,4H2,2H3/t5-,6+/m0/s1. The third-order valence-corrected chi connectivity index (χ3v) is 1.47. The summed E-state index contributed by atoms with van der Waals surface area (Å²) in [5.74, 6) is 1.81. The summed E-state index contributed by atoms with van der Waals surface area (Å²) in [6.45, 7) is 5.93. The molecule has 1 rings (SSSR count). The Morgan fingerprint density at radius 1 is 1.83 bits per heavy atom. The lowest BCUT2D eigenvalue weighted by molar-refractivity contribution is 0.901. The fourth-order valence-electron chi connectivity index (χ4n) is 0.679. The molecule has 0 aromatic heterocycles. The van der Waals surface area contributed by atoms with E-state index in [4.69, 9.17) is 0 Å². The third-order valence-electron chi connectivity index (χ3n) is 1.47. The summed E-state index contributed by atoms with van der Waals surface area (Å²) in [5.41, 5.74) is 0. The van der Waals surface area contributed by atoms with Crippen LogP contribution in [-0.4, -0.2) is 0 Å². The molecule has 0 spiro atoms. The summed E-state index contributed by atoms with van der Waals surface area (Å²) in [6, 6.07) is 0. The number of hydrogen-bond donors (Lipinski definition) is 0. The van der Waals surface area contributed by atoms with E-state index in [2.05, 4.69) is 13.5 Å². The number of rotatable bonds is 1. The molecule has 34 valence electrons. The summed E-state index contributed by atoms with van der Waals surface area (Å²) in [4.78, 5) is 0. The van der Waals surface area contributed by atoms with Gasteiger partial charge in [-0.25, -0.2) is 0 Å². The molecule has 1 aliphatic carbocycles. The van der Waals surface area contributed by atoms with Crippen LogP contribution in [-0.2, 0) is 0 Å². The first-order valence-electron chi connectivity index (χ1n) is 2.47. The first-order valence-corrected chi connectivity index (χ1v) is 2.47. The average Bonchev–Trinajstić information content (AvgIpc) is 2.19. The molecular weight excluding hydrogens is 72.1 g/mol. The summed E-state index contributed by atoms with van der Waals surface area (Å²) in [7, 11) is 0. The molecule has 0 amide bonds. The van der Waals surface area contributed by atoms with Crippen LogP contribution in [0.3, 0.4) is 0 Å².